The summed E-state index contributed by atoms with van der Waals surface area (Å²) in [5, 5.41) is 6.82. The maximum atomic E-state index is 13.7. The highest BCUT2D eigenvalue weighted by molar-refractivity contribution is 7.71. The number of hydrogen-bond donors (Lipinski definition) is 1. The summed E-state index contributed by atoms with van der Waals surface area (Å²) in [4.78, 5) is 0. The van der Waals surface area contributed by atoms with Gasteiger partial charge in [0.25, 0.3) is 0 Å². The van der Waals surface area contributed by atoms with Crippen LogP contribution in [-0.4, -0.2) is 35.6 Å². The van der Waals surface area contributed by atoms with Crippen LogP contribution in [0, 0.1) is 10.6 Å². The van der Waals surface area contributed by atoms with Gasteiger partial charge >= 0.3 is 0 Å². The molecule has 0 saturated heterocycles. The van der Waals surface area contributed by atoms with Gasteiger partial charge in [-0.25, -0.2) is 4.39 Å². The third-order valence-electron chi connectivity index (χ3n) is 2.69. The van der Waals surface area contributed by atoms with Gasteiger partial charge in [0.1, 0.15) is 0 Å². The third kappa shape index (κ3) is 2.82. The van der Waals surface area contributed by atoms with E-state index >= 15 is 0 Å². The first-order chi connectivity index (χ1) is 9.17. The van der Waals surface area contributed by atoms with Crippen molar-refractivity contribution in [3.8, 4) is 17.1 Å². The van der Waals surface area contributed by atoms with E-state index in [4.69, 9.17) is 21.7 Å². The molecule has 7 heteroatoms. The summed E-state index contributed by atoms with van der Waals surface area (Å²) in [6, 6.07) is 4.66. The topological polar surface area (TPSA) is 52.1 Å². The number of methoxy groups -OCH3 is 2. The molecule has 1 aromatic heterocycles. The molecule has 1 N–H and O–H groups in total. The summed E-state index contributed by atoms with van der Waals surface area (Å²) in [6.07, 6.45) is 0. The lowest BCUT2D eigenvalue weighted by Gasteiger charge is -2.07. The summed E-state index contributed by atoms with van der Waals surface area (Å²) in [7, 11) is 3.03. The van der Waals surface area contributed by atoms with Crippen molar-refractivity contribution in [2.75, 3.05) is 20.8 Å². The molecule has 0 aliphatic carbocycles. The van der Waals surface area contributed by atoms with Crippen LogP contribution in [0.2, 0.25) is 0 Å². The van der Waals surface area contributed by atoms with E-state index in [0.717, 1.165) is 0 Å². The minimum Gasteiger partial charge on any atom is -0.494 e. The molecule has 0 saturated carbocycles. The highest BCUT2D eigenvalue weighted by Crippen LogP contribution is 2.24. The van der Waals surface area contributed by atoms with E-state index in [-0.39, 0.29) is 5.75 Å². The fraction of sp³-hybridized carbons (Fsp3) is 0.333. The first-order valence-electron chi connectivity index (χ1n) is 5.65. The van der Waals surface area contributed by atoms with Crippen LogP contribution >= 0.6 is 12.2 Å². The molecule has 0 spiro atoms. The standard InChI is InChI=1S/C12H14FN3O2S/c1-17-6-5-16-11(14-15-12(16)19)8-3-4-10(18-2)9(13)7-8/h3-4,7H,5-6H2,1-2H3,(H,15,19). The van der Waals surface area contributed by atoms with Gasteiger partial charge in [0, 0.05) is 12.7 Å². The molecule has 1 heterocycles. The fourth-order valence-corrected chi connectivity index (χ4v) is 1.96. The average Bonchev–Trinajstić information content (AvgIpc) is 2.77. The molecule has 2 aromatic rings. The Bertz CT molecular complexity index is 624. The van der Waals surface area contributed by atoms with E-state index in [0.29, 0.717) is 29.3 Å². The Labute approximate surface area is 115 Å². The van der Waals surface area contributed by atoms with Gasteiger partial charge in [-0.05, 0) is 30.4 Å². The fourth-order valence-electron chi connectivity index (χ4n) is 1.73. The normalized spacial score (nSPS) is 10.7. The van der Waals surface area contributed by atoms with E-state index in [1.165, 1.54) is 13.2 Å². The number of halogens is 1. The number of nitrogens with one attached hydrogen (secondary N) is 1. The first kappa shape index (κ1) is 13.7. The second-order valence-corrected chi connectivity index (χ2v) is 4.23. The van der Waals surface area contributed by atoms with Crippen LogP contribution in [0.1, 0.15) is 0 Å². The molecule has 0 amide bonds. The zero-order chi connectivity index (χ0) is 13.8. The molecule has 0 fully saturated rings. The predicted octanol–water partition coefficient (Wildman–Crippen LogP) is 2.40. The molecule has 0 aliphatic rings. The number of hydrogen-bond acceptors (Lipinski definition) is 4. The minimum atomic E-state index is -0.438. The number of aromatic nitrogens is 3. The second kappa shape index (κ2) is 5.94. The van der Waals surface area contributed by atoms with Gasteiger partial charge in [-0.3, -0.25) is 9.67 Å². The summed E-state index contributed by atoms with van der Waals surface area (Å²) < 4.78 is 25.8. The smallest absolute Gasteiger partial charge is 0.195 e. The van der Waals surface area contributed by atoms with Gasteiger partial charge < -0.3 is 9.47 Å². The number of H-pyrrole nitrogens is 1. The zero-order valence-electron chi connectivity index (χ0n) is 10.6. The molecule has 2 rings (SSSR count). The van der Waals surface area contributed by atoms with E-state index in [1.807, 2.05) is 0 Å². The monoisotopic (exact) mass is 283 g/mol. The Morgan fingerprint density at radius 1 is 1.42 bits per heavy atom. The van der Waals surface area contributed by atoms with Crippen molar-refractivity contribution in [2.45, 2.75) is 6.54 Å². The van der Waals surface area contributed by atoms with Crippen LogP contribution < -0.4 is 4.74 Å². The lowest BCUT2D eigenvalue weighted by atomic mass is 10.2. The largest absolute Gasteiger partial charge is 0.494 e. The predicted molar refractivity (Wildman–Crippen MR) is 71.2 cm³/mol. The molecule has 102 valence electrons. The Hall–Kier alpha value is -1.73. The highest BCUT2D eigenvalue weighted by atomic mass is 32.1. The summed E-state index contributed by atoms with van der Waals surface area (Å²) in [5.74, 6) is 0.331. The minimum absolute atomic E-state index is 0.196. The molecule has 5 nitrogen and oxygen atoms in total. The van der Waals surface area contributed by atoms with Crippen LogP contribution in [0.3, 0.4) is 0 Å². The molecular formula is C12H14FN3O2S. The molecular weight excluding hydrogens is 269 g/mol. The quantitative estimate of drug-likeness (QED) is 0.856. The van der Waals surface area contributed by atoms with Gasteiger partial charge in [0.05, 0.1) is 20.3 Å². The van der Waals surface area contributed by atoms with Gasteiger partial charge in [-0.2, -0.15) is 5.10 Å². The Balaban J connectivity index is 2.41. The zero-order valence-corrected chi connectivity index (χ0v) is 11.5. The molecule has 0 radical (unpaired) electrons. The summed E-state index contributed by atoms with van der Waals surface area (Å²) >= 11 is 5.14. The van der Waals surface area contributed by atoms with E-state index < -0.39 is 5.82 Å². The first-order valence-corrected chi connectivity index (χ1v) is 6.06. The third-order valence-corrected chi connectivity index (χ3v) is 3.00. The van der Waals surface area contributed by atoms with Crippen LogP contribution in [0.5, 0.6) is 5.75 Å². The van der Waals surface area contributed by atoms with Gasteiger partial charge in [-0.1, -0.05) is 0 Å². The van der Waals surface area contributed by atoms with Crippen molar-refractivity contribution in [3.63, 3.8) is 0 Å². The maximum absolute atomic E-state index is 13.7. The Kier molecular flexibility index (Phi) is 4.28. The Morgan fingerprint density at radius 3 is 2.84 bits per heavy atom. The van der Waals surface area contributed by atoms with Crippen molar-refractivity contribution in [1.29, 1.82) is 0 Å². The number of nitrogens with zero attached hydrogens (tertiary/aromatic N) is 2. The van der Waals surface area contributed by atoms with E-state index in [2.05, 4.69) is 10.2 Å². The van der Waals surface area contributed by atoms with Crippen LogP contribution in [0.15, 0.2) is 18.2 Å². The van der Waals surface area contributed by atoms with Crippen molar-refractivity contribution in [3.05, 3.63) is 28.8 Å². The van der Waals surface area contributed by atoms with Gasteiger partial charge in [0.15, 0.2) is 22.2 Å². The molecule has 0 unspecified atom stereocenters. The van der Waals surface area contributed by atoms with Crippen molar-refractivity contribution < 1.29 is 13.9 Å². The summed E-state index contributed by atoms with van der Waals surface area (Å²) in [5.41, 5.74) is 0.627. The van der Waals surface area contributed by atoms with Gasteiger partial charge in [0.2, 0.25) is 0 Å². The molecule has 0 aliphatic heterocycles. The number of rotatable bonds is 5. The number of ether oxygens (including phenoxy) is 2. The van der Waals surface area contributed by atoms with E-state index in [1.54, 1.807) is 23.8 Å². The maximum Gasteiger partial charge on any atom is 0.195 e. The van der Waals surface area contributed by atoms with Crippen molar-refractivity contribution in [2.24, 2.45) is 0 Å². The van der Waals surface area contributed by atoms with Crippen molar-refractivity contribution >= 4 is 12.2 Å². The molecule has 0 atom stereocenters. The lowest BCUT2D eigenvalue weighted by Crippen LogP contribution is -2.06. The van der Waals surface area contributed by atoms with Gasteiger partial charge in [-0.15, -0.1) is 0 Å². The van der Waals surface area contributed by atoms with Crippen molar-refractivity contribution in [1.82, 2.24) is 14.8 Å². The molecule has 19 heavy (non-hydrogen) atoms. The van der Waals surface area contributed by atoms with Crippen LogP contribution in [0.4, 0.5) is 4.39 Å². The average molecular weight is 283 g/mol. The van der Waals surface area contributed by atoms with E-state index in [9.17, 15) is 4.39 Å². The highest BCUT2D eigenvalue weighted by Gasteiger charge is 2.11. The molecule has 0 bridgehead atoms. The Morgan fingerprint density at radius 2 is 2.21 bits per heavy atom. The molecule has 1 aromatic carbocycles. The lowest BCUT2D eigenvalue weighted by molar-refractivity contribution is 0.187. The number of benzene rings is 1. The second-order valence-electron chi connectivity index (χ2n) is 3.85. The summed E-state index contributed by atoms with van der Waals surface area (Å²) in [6.45, 7) is 1.05. The van der Waals surface area contributed by atoms with Crippen LogP contribution in [-0.2, 0) is 11.3 Å². The number of aromatic amines is 1. The SMILES string of the molecule is COCCn1c(-c2ccc(OC)c(F)c2)n[nH]c1=S. The van der Waals surface area contributed by atoms with Crippen LogP contribution in [0.25, 0.3) is 11.4 Å².